The standard InChI is InChI=1S/C16H20N6/c1-3-22(4-2)10-9-17-16-19-15-12-7-5-6-8-13(12)18-11-14(15)20-21-16/h5-8,11H,3-4,9-10H2,1-2H3,(H,17,19,21). The largest absolute Gasteiger partial charge is 0.352 e. The SMILES string of the molecule is CCN(CC)CCNc1nnc2cnc3ccccc3c2n1. The van der Waals surface area contributed by atoms with Crippen molar-refractivity contribution < 1.29 is 0 Å². The quantitative estimate of drug-likeness (QED) is 0.704. The molecule has 0 atom stereocenters. The molecule has 2 heterocycles. The molecule has 0 saturated carbocycles. The lowest BCUT2D eigenvalue weighted by Crippen LogP contribution is -2.29. The van der Waals surface area contributed by atoms with Gasteiger partial charge in [-0.1, -0.05) is 32.0 Å². The second-order valence-electron chi connectivity index (χ2n) is 5.10. The minimum Gasteiger partial charge on any atom is -0.352 e. The van der Waals surface area contributed by atoms with E-state index in [1.54, 1.807) is 6.20 Å². The number of para-hydroxylation sites is 1. The average Bonchev–Trinajstić information content (AvgIpc) is 2.58. The van der Waals surface area contributed by atoms with Crippen LogP contribution in [0.4, 0.5) is 5.95 Å². The number of fused-ring (bicyclic) bond motifs is 3. The summed E-state index contributed by atoms with van der Waals surface area (Å²) < 4.78 is 0. The maximum atomic E-state index is 4.61. The van der Waals surface area contributed by atoms with E-state index in [0.717, 1.165) is 42.6 Å². The van der Waals surface area contributed by atoms with Crippen LogP contribution in [-0.4, -0.2) is 51.2 Å². The highest BCUT2D eigenvalue weighted by Crippen LogP contribution is 2.20. The Morgan fingerprint density at radius 3 is 2.68 bits per heavy atom. The van der Waals surface area contributed by atoms with Gasteiger partial charge in [0.25, 0.3) is 0 Å². The zero-order valence-corrected chi connectivity index (χ0v) is 13.0. The van der Waals surface area contributed by atoms with Gasteiger partial charge >= 0.3 is 0 Å². The third-order valence-corrected chi connectivity index (χ3v) is 3.80. The van der Waals surface area contributed by atoms with Crippen LogP contribution in [0.15, 0.2) is 30.5 Å². The third kappa shape index (κ3) is 2.96. The zero-order chi connectivity index (χ0) is 15.4. The predicted molar refractivity (Wildman–Crippen MR) is 88.9 cm³/mol. The molecular formula is C16H20N6. The molecule has 0 radical (unpaired) electrons. The summed E-state index contributed by atoms with van der Waals surface area (Å²) in [4.78, 5) is 11.3. The first-order valence-corrected chi connectivity index (χ1v) is 7.66. The first-order chi connectivity index (χ1) is 10.8. The van der Waals surface area contributed by atoms with E-state index in [-0.39, 0.29) is 0 Å². The Kier molecular flexibility index (Phi) is 4.39. The van der Waals surface area contributed by atoms with Crippen molar-refractivity contribution in [2.45, 2.75) is 13.8 Å². The van der Waals surface area contributed by atoms with Crippen LogP contribution in [0.5, 0.6) is 0 Å². The molecule has 0 aliphatic carbocycles. The fourth-order valence-corrected chi connectivity index (χ4v) is 2.48. The number of hydrogen-bond donors (Lipinski definition) is 1. The Bertz CT molecular complexity index is 769. The van der Waals surface area contributed by atoms with Crippen LogP contribution in [0.3, 0.4) is 0 Å². The Morgan fingerprint density at radius 1 is 1.05 bits per heavy atom. The van der Waals surface area contributed by atoms with Gasteiger partial charge in [0.15, 0.2) is 0 Å². The van der Waals surface area contributed by atoms with Crippen molar-refractivity contribution in [1.82, 2.24) is 25.1 Å². The van der Waals surface area contributed by atoms with Crippen LogP contribution < -0.4 is 5.32 Å². The van der Waals surface area contributed by atoms with Gasteiger partial charge in [-0.05, 0) is 19.2 Å². The lowest BCUT2D eigenvalue weighted by atomic mass is 10.2. The fraction of sp³-hybridized carbons (Fsp3) is 0.375. The summed E-state index contributed by atoms with van der Waals surface area (Å²) >= 11 is 0. The van der Waals surface area contributed by atoms with Gasteiger partial charge in [-0.2, -0.15) is 0 Å². The van der Waals surface area contributed by atoms with E-state index in [1.165, 1.54) is 0 Å². The summed E-state index contributed by atoms with van der Waals surface area (Å²) in [7, 11) is 0. The zero-order valence-electron chi connectivity index (χ0n) is 13.0. The first-order valence-electron chi connectivity index (χ1n) is 7.66. The van der Waals surface area contributed by atoms with E-state index in [1.807, 2.05) is 24.3 Å². The van der Waals surface area contributed by atoms with Crippen molar-refractivity contribution in [1.29, 1.82) is 0 Å². The molecule has 0 aliphatic heterocycles. The minimum absolute atomic E-state index is 0.566. The molecule has 1 aromatic carbocycles. The predicted octanol–water partition coefficient (Wildman–Crippen LogP) is 2.33. The summed E-state index contributed by atoms with van der Waals surface area (Å²) in [6.07, 6.45) is 1.72. The van der Waals surface area contributed by atoms with Crippen molar-refractivity contribution in [2.75, 3.05) is 31.5 Å². The number of pyridine rings is 1. The van der Waals surface area contributed by atoms with E-state index < -0.39 is 0 Å². The van der Waals surface area contributed by atoms with Gasteiger partial charge in [0, 0.05) is 18.5 Å². The number of nitrogens with one attached hydrogen (secondary N) is 1. The molecule has 22 heavy (non-hydrogen) atoms. The number of nitrogens with zero attached hydrogens (tertiary/aromatic N) is 5. The molecule has 0 unspecified atom stereocenters. The molecule has 6 heteroatoms. The minimum atomic E-state index is 0.566. The molecule has 114 valence electrons. The van der Waals surface area contributed by atoms with Gasteiger partial charge in [0.2, 0.25) is 5.95 Å². The van der Waals surface area contributed by atoms with Gasteiger partial charge in [-0.3, -0.25) is 4.98 Å². The maximum Gasteiger partial charge on any atom is 0.243 e. The second-order valence-corrected chi connectivity index (χ2v) is 5.10. The number of anilines is 1. The molecule has 1 N–H and O–H groups in total. The van der Waals surface area contributed by atoms with Gasteiger partial charge in [-0.25, -0.2) is 4.98 Å². The summed E-state index contributed by atoms with van der Waals surface area (Å²) in [5.74, 6) is 0.566. The van der Waals surface area contributed by atoms with Gasteiger partial charge < -0.3 is 10.2 Å². The van der Waals surface area contributed by atoms with Crippen LogP contribution in [0.25, 0.3) is 21.9 Å². The van der Waals surface area contributed by atoms with Crippen LogP contribution in [-0.2, 0) is 0 Å². The van der Waals surface area contributed by atoms with Gasteiger partial charge in [0.1, 0.15) is 11.0 Å². The van der Waals surface area contributed by atoms with E-state index in [2.05, 4.69) is 44.2 Å². The molecule has 0 bridgehead atoms. The normalized spacial score (nSPS) is 11.4. The van der Waals surface area contributed by atoms with E-state index in [4.69, 9.17) is 0 Å². The van der Waals surface area contributed by atoms with E-state index >= 15 is 0 Å². The fourth-order valence-electron chi connectivity index (χ4n) is 2.48. The van der Waals surface area contributed by atoms with E-state index in [9.17, 15) is 0 Å². The van der Waals surface area contributed by atoms with Gasteiger partial charge in [-0.15, -0.1) is 10.2 Å². The van der Waals surface area contributed by atoms with Crippen LogP contribution in [0.2, 0.25) is 0 Å². The molecule has 3 rings (SSSR count). The Morgan fingerprint density at radius 2 is 1.86 bits per heavy atom. The lowest BCUT2D eigenvalue weighted by molar-refractivity contribution is 0.316. The van der Waals surface area contributed by atoms with Crippen molar-refractivity contribution in [3.63, 3.8) is 0 Å². The summed E-state index contributed by atoms with van der Waals surface area (Å²) in [6, 6.07) is 7.95. The van der Waals surface area contributed by atoms with Crippen LogP contribution >= 0.6 is 0 Å². The molecular weight excluding hydrogens is 276 g/mol. The second kappa shape index (κ2) is 6.62. The Hall–Kier alpha value is -2.34. The Balaban J connectivity index is 1.84. The molecule has 0 aliphatic rings. The van der Waals surface area contributed by atoms with Crippen molar-refractivity contribution in [2.24, 2.45) is 0 Å². The molecule has 2 aromatic heterocycles. The third-order valence-electron chi connectivity index (χ3n) is 3.80. The number of benzene rings is 1. The molecule has 0 amide bonds. The smallest absolute Gasteiger partial charge is 0.243 e. The summed E-state index contributed by atoms with van der Waals surface area (Å²) in [5, 5.41) is 12.6. The monoisotopic (exact) mass is 296 g/mol. The van der Waals surface area contributed by atoms with Crippen molar-refractivity contribution >= 4 is 27.9 Å². The molecule has 3 aromatic rings. The number of likely N-dealkylation sites (N-methyl/N-ethyl adjacent to an activating group) is 1. The Labute approximate surface area is 129 Å². The van der Waals surface area contributed by atoms with Crippen LogP contribution in [0, 0.1) is 0 Å². The molecule has 0 spiro atoms. The molecule has 0 fully saturated rings. The van der Waals surface area contributed by atoms with Crippen molar-refractivity contribution in [3.8, 4) is 0 Å². The summed E-state index contributed by atoms with van der Waals surface area (Å²) in [5.41, 5.74) is 2.48. The van der Waals surface area contributed by atoms with E-state index in [0.29, 0.717) is 11.5 Å². The maximum absolute atomic E-state index is 4.61. The lowest BCUT2D eigenvalue weighted by Gasteiger charge is -2.17. The molecule has 0 saturated heterocycles. The first kappa shape index (κ1) is 14.6. The van der Waals surface area contributed by atoms with Crippen molar-refractivity contribution in [3.05, 3.63) is 30.5 Å². The summed E-state index contributed by atoms with van der Waals surface area (Å²) in [6.45, 7) is 8.19. The molecule has 6 nitrogen and oxygen atoms in total. The highest BCUT2D eigenvalue weighted by molar-refractivity contribution is 6.01. The van der Waals surface area contributed by atoms with Crippen LogP contribution in [0.1, 0.15) is 13.8 Å². The average molecular weight is 296 g/mol. The number of aromatic nitrogens is 4. The number of rotatable bonds is 6. The van der Waals surface area contributed by atoms with Gasteiger partial charge in [0.05, 0.1) is 11.7 Å². The topological polar surface area (TPSA) is 66.8 Å². The highest BCUT2D eigenvalue weighted by atomic mass is 15.2. The highest BCUT2D eigenvalue weighted by Gasteiger charge is 2.07. The number of hydrogen-bond acceptors (Lipinski definition) is 6.